The molecule has 3 N–H and O–H groups in total. The van der Waals surface area contributed by atoms with Gasteiger partial charge in [0.2, 0.25) is 0 Å². The van der Waals surface area contributed by atoms with E-state index in [1.165, 1.54) is 12.0 Å². The van der Waals surface area contributed by atoms with Crippen LogP contribution in [0.2, 0.25) is 0 Å². The van der Waals surface area contributed by atoms with Crippen molar-refractivity contribution in [3.05, 3.63) is 29.8 Å². The van der Waals surface area contributed by atoms with Gasteiger partial charge in [0.05, 0.1) is 0 Å². The molecule has 1 fully saturated rings. The molecule has 0 radical (unpaired) electrons. The van der Waals surface area contributed by atoms with Crippen molar-refractivity contribution >= 4 is 0 Å². The smallest absolute Gasteiger partial charge is 0.115 e. The minimum Gasteiger partial charge on any atom is -0.508 e. The van der Waals surface area contributed by atoms with Crippen molar-refractivity contribution in [1.29, 1.82) is 0 Å². The highest BCUT2D eigenvalue weighted by Crippen LogP contribution is 2.57. The number of nitrogens with two attached hydrogens (primary N) is 1. The lowest BCUT2D eigenvalue weighted by Gasteiger charge is -2.17. The Morgan fingerprint density at radius 3 is 2.40 bits per heavy atom. The summed E-state index contributed by atoms with van der Waals surface area (Å²) >= 11 is 0. The lowest BCUT2D eigenvalue weighted by molar-refractivity contribution is 0.471. The van der Waals surface area contributed by atoms with Crippen molar-refractivity contribution in [2.24, 2.45) is 17.6 Å². The standard InChI is InChI=1S/C13H19NO/c1-9(2)12-7-13(12,8-14)10-3-5-11(15)6-4-10/h3-6,9,12,15H,7-8,14H2,1-2H3. The van der Waals surface area contributed by atoms with Crippen LogP contribution in [-0.2, 0) is 5.41 Å². The second-order valence-corrected chi connectivity index (χ2v) is 4.96. The van der Waals surface area contributed by atoms with Crippen LogP contribution in [0.25, 0.3) is 0 Å². The molecule has 2 rings (SSSR count). The SMILES string of the molecule is CC(C)C1CC1(CN)c1ccc(O)cc1. The molecule has 2 heteroatoms. The number of hydrogen-bond acceptors (Lipinski definition) is 2. The normalized spacial score (nSPS) is 29.5. The Morgan fingerprint density at radius 2 is 2.00 bits per heavy atom. The maximum atomic E-state index is 9.26. The molecule has 1 saturated carbocycles. The van der Waals surface area contributed by atoms with Crippen LogP contribution < -0.4 is 5.73 Å². The van der Waals surface area contributed by atoms with Crippen LogP contribution in [0.4, 0.5) is 0 Å². The average molecular weight is 205 g/mol. The van der Waals surface area contributed by atoms with Gasteiger partial charge in [0.25, 0.3) is 0 Å². The van der Waals surface area contributed by atoms with Crippen LogP contribution in [0.5, 0.6) is 5.75 Å². The molecule has 0 spiro atoms. The number of benzene rings is 1. The maximum absolute atomic E-state index is 9.26. The number of rotatable bonds is 3. The van der Waals surface area contributed by atoms with Gasteiger partial charge in [-0.15, -0.1) is 0 Å². The molecular weight excluding hydrogens is 186 g/mol. The molecule has 2 atom stereocenters. The first-order chi connectivity index (χ1) is 7.10. The molecule has 0 aliphatic heterocycles. The summed E-state index contributed by atoms with van der Waals surface area (Å²) in [4.78, 5) is 0. The van der Waals surface area contributed by atoms with Gasteiger partial charge in [-0.1, -0.05) is 26.0 Å². The predicted octanol–water partition coefficient (Wildman–Crippen LogP) is 2.26. The van der Waals surface area contributed by atoms with Crippen LogP contribution >= 0.6 is 0 Å². The van der Waals surface area contributed by atoms with Crippen molar-refractivity contribution in [3.63, 3.8) is 0 Å². The van der Waals surface area contributed by atoms with Crippen molar-refractivity contribution < 1.29 is 5.11 Å². The van der Waals surface area contributed by atoms with E-state index >= 15 is 0 Å². The first-order valence-electron chi connectivity index (χ1n) is 5.60. The fraction of sp³-hybridized carbons (Fsp3) is 0.538. The Labute approximate surface area is 91.1 Å². The van der Waals surface area contributed by atoms with E-state index in [2.05, 4.69) is 13.8 Å². The van der Waals surface area contributed by atoms with Crippen LogP contribution in [0.1, 0.15) is 25.8 Å². The quantitative estimate of drug-likeness (QED) is 0.795. The zero-order valence-electron chi connectivity index (χ0n) is 9.40. The fourth-order valence-corrected chi connectivity index (χ4v) is 2.69. The van der Waals surface area contributed by atoms with Gasteiger partial charge >= 0.3 is 0 Å². The molecule has 0 bridgehead atoms. The molecule has 0 heterocycles. The number of phenolic OH excluding ortho intramolecular Hbond substituents is 1. The monoisotopic (exact) mass is 205 g/mol. The summed E-state index contributed by atoms with van der Waals surface area (Å²) in [5.41, 5.74) is 7.37. The van der Waals surface area contributed by atoms with Gasteiger partial charge < -0.3 is 10.8 Å². The maximum Gasteiger partial charge on any atom is 0.115 e. The van der Waals surface area contributed by atoms with E-state index in [9.17, 15) is 5.11 Å². The third-order valence-electron chi connectivity index (χ3n) is 3.75. The Balaban J connectivity index is 2.26. The lowest BCUT2D eigenvalue weighted by Crippen LogP contribution is -2.23. The van der Waals surface area contributed by atoms with Crippen molar-refractivity contribution in [3.8, 4) is 5.75 Å². The average Bonchev–Trinajstić information content (AvgIpc) is 2.95. The second kappa shape index (κ2) is 3.53. The van der Waals surface area contributed by atoms with Gasteiger partial charge in [-0.05, 0) is 36.0 Å². The van der Waals surface area contributed by atoms with E-state index in [0.29, 0.717) is 24.1 Å². The topological polar surface area (TPSA) is 46.2 Å². The van der Waals surface area contributed by atoms with E-state index in [1.54, 1.807) is 12.1 Å². The minimum atomic E-state index is 0.182. The van der Waals surface area contributed by atoms with E-state index < -0.39 is 0 Å². The number of hydrogen-bond donors (Lipinski definition) is 2. The van der Waals surface area contributed by atoms with E-state index in [0.717, 1.165) is 0 Å². The van der Waals surface area contributed by atoms with Gasteiger partial charge in [0.1, 0.15) is 5.75 Å². The molecule has 1 aromatic carbocycles. The molecule has 0 aromatic heterocycles. The summed E-state index contributed by atoms with van der Waals surface area (Å²) in [6.45, 7) is 5.21. The Morgan fingerprint density at radius 1 is 1.40 bits per heavy atom. The Kier molecular flexibility index (Phi) is 2.47. The molecule has 1 aliphatic carbocycles. The van der Waals surface area contributed by atoms with Crippen molar-refractivity contribution in [1.82, 2.24) is 0 Å². The van der Waals surface area contributed by atoms with E-state index in [1.807, 2.05) is 12.1 Å². The summed E-state index contributed by atoms with van der Waals surface area (Å²) in [5, 5.41) is 9.26. The molecule has 2 nitrogen and oxygen atoms in total. The van der Waals surface area contributed by atoms with Gasteiger partial charge in [0, 0.05) is 12.0 Å². The minimum absolute atomic E-state index is 0.182. The molecule has 0 saturated heterocycles. The summed E-state index contributed by atoms with van der Waals surface area (Å²) < 4.78 is 0. The highest BCUT2D eigenvalue weighted by Gasteiger charge is 2.55. The number of phenols is 1. The summed E-state index contributed by atoms with van der Waals surface area (Å²) in [5.74, 6) is 1.71. The molecular formula is C13H19NO. The van der Waals surface area contributed by atoms with Crippen molar-refractivity contribution in [2.45, 2.75) is 25.7 Å². The lowest BCUT2D eigenvalue weighted by atomic mass is 9.89. The van der Waals surface area contributed by atoms with Gasteiger partial charge in [0.15, 0.2) is 0 Å². The molecule has 82 valence electrons. The van der Waals surface area contributed by atoms with Gasteiger partial charge in [-0.3, -0.25) is 0 Å². The fourth-order valence-electron chi connectivity index (χ4n) is 2.69. The Bertz CT molecular complexity index is 344. The first-order valence-corrected chi connectivity index (χ1v) is 5.60. The van der Waals surface area contributed by atoms with E-state index in [4.69, 9.17) is 5.73 Å². The summed E-state index contributed by atoms with van der Waals surface area (Å²) in [6.07, 6.45) is 1.19. The largest absolute Gasteiger partial charge is 0.508 e. The molecule has 1 aromatic rings. The van der Waals surface area contributed by atoms with Gasteiger partial charge in [-0.25, -0.2) is 0 Å². The molecule has 0 amide bonds. The zero-order valence-corrected chi connectivity index (χ0v) is 9.40. The summed E-state index contributed by atoms with van der Waals surface area (Å²) in [7, 11) is 0. The third kappa shape index (κ3) is 1.63. The predicted molar refractivity (Wildman–Crippen MR) is 61.8 cm³/mol. The van der Waals surface area contributed by atoms with Crippen LogP contribution in [0.15, 0.2) is 24.3 Å². The second-order valence-electron chi connectivity index (χ2n) is 4.96. The third-order valence-corrected chi connectivity index (χ3v) is 3.75. The summed E-state index contributed by atoms with van der Waals surface area (Å²) in [6, 6.07) is 7.51. The zero-order chi connectivity index (χ0) is 11.1. The first kappa shape index (κ1) is 10.5. The van der Waals surface area contributed by atoms with Crippen molar-refractivity contribution in [2.75, 3.05) is 6.54 Å². The molecule has 2 unspecified atom stereocenters. The molecule has 1 aliphatic rings. The van der Waals surface area contributed by atoms with Crippen LogP contribution in [0.3, 0.4) is 0 Å². The van der Waals surface area contributed by atoms with E-state index in [-0.39, 0.29) is 5.41 Å². The molecule has 15 heavy (non-hydrogen) atoms. The Hall–Kier alpha value is -1.02. The van der Waals surface area contributed by atoms with Crippen LogP contribution in [-0.4, -0.2) is 11.7 Å². The number of aromatic hydroxyl groups is 1. The highest BCUT2D eigenvalue weighted by atomic mass is 16.3. The van der Waals surface area contributed by atoms with Gasteiger partial charge in [-0.2, -0.15) is 0 Å². The van der Waals surface area contributed by atoms with Crippen LogP contribution in [0, 0.1) is 11.8 Å². The highest BCUT2D eigenvalue weighted by molar-refractivity contribution is 5.38.